The molecule has 0 unspecified atom stereocenters. The van der Waals surface area contributed by atoms with Gasteiger partial charge in [-0.05, 0) is 12.1 Å². The summed E-state index contributed by atoms with van der Waals surface area (Å²) >= 11 is 0. The van der Waals surface area contributed by atoms with Crippen LogP contribution in [-0.4, -0.2) is 15.3 Å². The van der Waals surface area contributed by atoms with E-state index in [0.717, 1.165) is 12.1 Å². The smallest absolute Gasteiger partial charge is 0.176 e. The molecule has 0 fully saturated rings. The lowest BCUT2D eigenvalue weighted by Crippen LogP contribution is -2.12. The largest absolute Gasteiger partial charge is 0.338 e. The number of hydrogen-bond donors (Lipinski definition) is 0. The maximum atomic E-state index is 13.3. The summed E-state index contributed by atoms with van der Waals surface area (Å²) < 4.78 is 28.3. The molecule has 0 aliphatic carbocycles. The molecule has 0 spiro atoms. The number of aryl methyl sites for hydroxylation is 1. The number of Topliss-reactive ketones (excluding diaryl/α,β-unsaturated/α-hetero) is 1. The lowest BCUT2D eigenvalue weighted by atomic mass is 10.1. The summed E-state index contributed by atoms with van der Waals surface area (Å²) in [5.74, 6) is -1.83. The molecule has 2 rings (SSSR count). The third kappa shape index (κ3) is 2.22. The van der Waals surface area contributed by atoms with Gasteiger partial charge in [0, 0.05) is 19.4 Å². The van der Waals surface area contributed by atoms with Crippen molar-refractivity contribution in [3.8, 4) is 0 Å². The summed E-state index contributed by atoms with van der Waals surface area (Å²) in [5.41, 5.74) is -0.504. The fourth-order valence-corrected chi connectivity index (χ4v) is 1.56. The Balaban J connectivity index is 2.30. The van der Waals surface area contributed by atoms with Crippen molar-refractivity contribution in [2.45, 2.75) is 6.42 Å². The van der Waals surface area contributed by atoms with Gasteiger partial charge < -0.3 is 4.57 Å². The molecule has 88 valence electrons. The van der Waals surface area contributed by atoms with Gasteiger partial charge in [0.15, 0.2) is 5.78 Å². The van der Waals surface area contributed by atoms with Crippen LogP contribution in [0.25, 0.3) is 0 Å². The van der Waals surface area contributed by atoms with Gasteiger partial charge in [0.2, 0.25) is 0 Å². The first-order valence-corrected chi connectivity index (χ1v) is 5.03. The second kappa shape index (κ2) is 4.45. The number of rotatable bonds is 3. The average molecular weight is 236 g/mol. The van der Waals surface area contributed by atoms with Crippen molar-refractivity contribution in [1.82, 2.24) is 9.55 Å². The van der Waals surface area contributed by atoms with Crippen LogP contribution in [0.4, 0.5) is 8.78 Å². The second-order valence-electron chi connectivity index (χ2n) is 3.65. The van der Waals surface area contributed by atoms with Crippen molar-refractivity contribution < 1.29 is 13.6 Å². The molecule has 0 N–H and O–H groups in total. The van der Waals surface area contributed by atoms with E-state index in [9.17, 15) is 13.6 Å². The van der Waals surface area contributed by atoms with Crippen molar-refractivity contribution in [1.29, 1.82) is 0 Å². The van der Waals surface area contributed by atoms with Crippen LogP contribution in [0.15, 0.2) is 30.6 Å². The summed E-state index contributed by atoms with van der Waals surface area (Å²) in [6, 6.07) is 3.35. The first-order valence-electron chi connectivity index (χ1n) is 5.03. The zero-order valence-corrected chi connectivity index (χ0v) is 9.15. The number of aromatic nitrogens is 2. The third-order valence-corrected chi connectivity index (χ3v) is 2.48. The Morgan fingerprint density at radius 3 is 2.53 bits per heavy atom. The molecule has 0 amide bonds. The zero-order valence-electron chi connectivity index (χ0n) is 9.15. The molecule has 0 radical (unpaired) electrons. The summed E-state index contributed by atoms with van der Waals surface area (Å²) in [4.78, 5) is 15.7. The summed E-state index contributed by atoms with van der Waals surface area (Å²) in [6.45, 7) is 0. The molecule has 2 aromatic rings. The highest BCUT2D eigenvalue weighted by atomic mass is 19.1. The van der Waals surface area contributed by atoms with Gasteiger partial charge in [-0.2, -0.15) is 0 Å². The minimum Gasteiger partial charge on any atom is -0.338 e. The fourth-order valence-electron chi connectivity index (χ4n) is 1.56. The van der Waals surface area contributed by atoms with Crippen LogP contribution >= 0.6 is 0 Å². The topological polar surface area (TPSA) is 34.9 Å². The Labute approximate surface area is 96.7 Å². The predicted molar refractivity (Wildman–Crippen MR) is 57.6 cm³/mol. The Hall–Kier alpha value is -2.04. The Bertz CT molecular complexity index is 543. The molecule has 0 aliphatic heterocycles. The van der Waals surface area contributed by atoms with Crippen LogP contribution in [0.1, 0.15) is 16.2 Å². The highest BCUT2D eigenvalue weighted by molar-refractivity contribution is 5.97. The van der Waals surface area contributed by atoms with Gasteiger partial charge >= 0.3 is 0 Å². The van der Waals surface area contributed by atoms with Crippen molar-refractivity contribution in [3.63, 3.8) is 0 Å². The summed E-state index contributed by atoms with van der Waals surface area (Å²) in [7, 11) is 1.72. The molecule has 0 saturated carbocycles. The number of imidazole rings is 1. The van der Waals surface area contributed by atoms with E-state index in [1.54, 1.807) is 17.8 Å². The van der Waals surface area contributed by atoms with Crippen LogP contribution in [0.3, 0.4) is 0 Å². The van der Waals surface area contributed by atoms with Crippen LogP contribution in [-0.2, 0) is 13.5 Å². The first kappa shape index (κ1) is 11.4. The first-order chi connectivity index (χ1) is 8.09. The summed E-state index contributed by atoms with van der Waals surface area (Å²) in [6.07, 6.45) is 3.07. The minimum atomic E-state index is -0.843. The number of carbonyl (C=O) groups excluding carboxylic acids is 1. The highest BCUT2D eigenvalue weighted by Gasteiger charge is 2.18. The second-order valence-corrected chi connectivity index (χ2v) is 3.65. The third-order valence-electron chi connectivity index (χ3n) is 2.48. The molecule has 1 aromatic carbocycles. The molecule has 0 atom stereocenters. The molecule has 3 nitrogen and oxygen atoms in total. The summed E-state index contributed by atoms with van der Waals surface area (Å²) in [5, 5.41) is 0. The predicted octanol–water partition coefficient (Wildman–Crippen LogP) is 2.12. The molecule has 17 heavy (non-hydrogen) atoms. The Morgan fingerprint density at radius 2 is 2.00 bits per heavy atom. The molecular formula is C12H10F2N2O. The van der Waals surface area contributed by atoms with Crippen molar-refractivity contribution in [2.24, 2.45) is 7.05 Å². The molecule has 1 aromatic heterocycles. The molecule has 0 aliphatic rings. The molecule has 5 heteroatoms. The monoisotopic (exact) mass is 236 g/mol. The maximum Gasteiger partial charge on any atom is 0.176 e. The average Bonchev–Trinajstić information content (AvgIpc) is 2.64. The minimum absolute atomic E-state index is 0.124. The van der Waals surface area contributed by atoms with Crippen molar-refractivity contribution >= 4 is 5.78 Å². The van der Waals surface area contributed by atoms with Gasteiger partial charge in [0.05, 0.1) is 12.0 Å². The highest BCUT2D eigenvalue weighted by Crippen LogP contribution is 2.14. The fraction of sp³-hybridized carbons (Fsp3) is 0.167. The Kier molecular flexibility index (Phi) is 2.99. The maximum absolute atomic E-state index is 13.3. The molecular weight excluding hydrogens is 226 g/mol. The standard InChI is InChI=1S/C12H10F2N2O/c1-16-6-5-15-11(16)7-10(17)12-8(13)3-2-4-9(12)14/h2-6H,7H2,1H3. The van der Waals surface area contributed by atoms with Crippen LogP contribution in [0.2, 0.25) is 0 Å². The van der Waals surface area contributed by atoms with Gasteiger partial charge in [-0.3, -0.25) is 4.79 Å². The van der Waals surface area contributed by atoms with E-state index in [1.165, 1.54) is 12.3 Å². The number of hydrogen-bond acceptors (Lipinski definition) is 2. The van der Waals surface area contributed by atoms with E-state index in [-0.39, 0.29) is 6.42 Å². The molecule has 0 saturated heterocycles. The number of halogens is 2. The van der Waals surface area contributed by atoms with E-state index in [2.05, 4.69) is 4.98 Å². The number of carbonyl (C=O) groups is 1. The SMILES string of the molecule is Cn1ccnc1CC(=O)c1c(F)cccc1F. The van der Waals surface area contributed by atoms with Crippen LogP contribution in [0, 0.1) is 11.6 Å². The van der Waals surface area contributed by atoms with E-state index < -0.39 is 23.0 Å². The van der Waals surface area contributed by atoms with Gasteiger partial charge in [0.1, 0.15) is 17.5 Å². The van der Waals surface area contributed by atoms with E-state index in [4.69, 9.17) is 0 Å². The van der Waals surface area contributed by atoms with Gasteiger partial charge in [-0.1, -0.05) is 6.07 Å². The number of benzene rings is 1. The zero-order chi connectivity index (χ0) is 12.4. The lowest BCUT2D eigenvalue weighted by molar-refractivity contribution is 0.0982. The van der Waals surface area contributed by atoms with Crippen molar-refractivity contribution in [2.75, 3.05) is 0 Å². The normalized spacial score (nSPS) is 10.5. The lowest BCUT2D eigenvalue weighted by Gasteiger charge is -2.04. The van der Waals surface area contributed by atoms with Crippen molar-refractivity contribution in [3.05, 3.63) is 53.6 Å². The van der Waals surface area contributed by atoms with Gasteiger partial charge in [-0.15, -0.1) is 0 Å². The van der Waals surface area contributed by atoms with Gasteiger partial charge in [-0.25, -0.2) is 13.8 Å². The van der Waals surface area contributed by atoms with E-state index >= 15 is 0 Å². The molecule has 0 bridgehead atoms. The van der Waals surface area contributed by atoms with Crippen LogP contribution < -0.4 is 0 Å². The van der Waals surface area contributed by atoms with E-state index in [0.29, 0.717) is 5.82 Å². The number of ketones is 1. The van der Waals surface area contributed by atoms with Gasteiger partial charge in [0.25, 0.3) is 0 Å². The van der Waals surface area contributed by atoms with Crippen LogP contribution in [0.5, 0.6) is 0 Å². The number of nitrogens with zero attached hydrogens (tertiary/aromatic N) is 2. The quantitative estimate of drug-likeness (QED) is 0.765. The Morgan fingerprint density at radius 1 is 1.35 bits per heavy atom. The molecule has 1 heterocycles. The van der Waals surface area contributed by atoms with E-state index in [1.807, 2.05) is 0 Å².